The third-order valence-electron chi connectivity index (χ3n) is 3.40. The number of aliphatic hydroxyl groups is 1. The van der Waals surface area contributed by atoms with Gasteiger partial charge in [0.2, 0.25) is 0 Å². The predicted molar refractivity (Wildman–Crippen MR) is 79.6 cm³/mol. The van der Waals surface area contributed by atoms with Gasteiger partial charge in [0, 0.05) is 5.56 Å². The first-order valence-electron chi connectivity index (χ1n) is 6.92. The maximum Gasteiger partial charge on any atom is 0.251 e. The zero-order valence-electron chi connectivity index (χ0n) is 12.1. The molecule has 0 aliphatic heterocycles. The van der Waals surface area contributed by atoms with Gasteiger partial charge in [-0.3, -0.25) is 4.79 Å². The molecule has 0 fully saturated rings. The Balaban J connectivity index is 2.07. The summed E-state index contributed by atoms with van der Waals surface area (Å²) in [6, 6.07) is 9.28. The molecule has 2 rings (SSSR count). The van der Waals surface area contributed by atoms with Crippen LogP contribution in [0.3, 0.4) is 0 Å². The molecule has 2 aromatic rings. The van der Waals surface area contributed by atoms with Gasteiger partial charge in [0.05, 0.1) is 12.6 Å². The average molecular weight is 305 g/mol. The van der Waals surface area contributed by atoms with E-state index in [0.29, 0.717) is 12.0 Å². The fourth-order valence-corrected chi connectivity index (χ4v) is 2.17. The van der Waals surface area contributed by atoms with Gasteiger partial charge >= 0.3 is 0 Å². The van der Waals surface area contributed by atoms with E-state index < -0.39 is 17.8 Å². The van der Waals surface area contributed by atoms with Crippen molar-refractivity contribution in [3.63, 3.8) is 0 Å². The topological polar surface area (TPSA) is 49.3 Å². The molecular formula is C17H17F2NO2. The molecule has 0 saturated heterocycles. The van der Waals surface area contributed by atoms with Crippen LogP contribution >= 0.6 is 0 Å². The van der Waals surface area contributed by atoms with Crippen molar-refractivity contribution in [2.45, 2.75) is 19.4 Å². The van der Waals surface area contributed by atoms with Gasteiger partial charge in [-0.05, 0) is 48.7 Å². The minimum atomic E-state index is -0.527. The molecule has 0 heterocycles. The summed E-state index contributed by atoms with van der Waals surface area (Å²) >= 11 is 0. The molecule has 2 aromatic carbocycles. The lowest BCUT2D eigenvalue weighted by Crippen LogP contribution is -2.39. The van der Waals surface area contributed by atoms with Crippen molar-refractivity contribution in [3.8, 4) is 0 Å². The van der Waals surface area contributed by atoms with Crippen LogP contribution in [0.15, 0.2) is 42.5 Å². The van der Waals surface area contributed by atoms with Crippen molar-refractivity contribution in [2.75, 3.05) is 6.61 Å². The summed E-state index contributed by atoms with van der Waals surface area (Å²) in [5.41, 5.74) is 1.67. The van der Waals surface area contributed by atoms with Gasteiger partial charge < -0.3 is 10.4 Å². The molecular weight excluding hydrogens is 288 g/mol. The first-order valence-corrected chi connectivity index (χ1v) is 6.92. The van der Waals surface area contributed by atoms with Crippen molar-refractivity contribution < 1.29 is 18.7 Å². The normalized spacial score (nSPS) is 12.0. The number of benzene rings is 2. The van der Waals surface area contributed by atoms with Crippen molar-refractivity contribution in [1.29, 1.82) is 0 Å². The lowest BCUT2D eigenvalue weighted by atomic mass is 10.0. The summed E-state index contributed by atoms with van der Waals surface area (Å²) in [5, 5.41) is 12.1. The van der Waals surface area contributed by atoms with Crippen LogP contribution in [0.25, 0.3) is 0 Å². The summed E-state index contributed by atoms with van der Waals surface area (Å²) in [4.78, 5) is 12.2. The second-order valence-corrected chi connectivity index (χ2v) is 5.14. The van der Waals surface area contributed by atoms with Gasteiger partial charge in [-0.25, -0.2) is 8.78 Å². The molecule has 0 aliphatic rings. The molecule has 22 heavy (non-hydrogen) atoms. The van der Waals surface area contributed by atoms with Crippen LogP contribution in [-0.4, -0.2) is 23.7 Å². The van der Waals surface area contributed by atoms with E-state index in [1.54, 1.807) is 19.1 Å². The summed E-state index contributed by atoms with van der Waals surface area (Å²) in [6.07, 6.45) is 0.358. The minimum Gasteiger partial charge on any atom is -0.394 e. The highest BCUT2D eigenvalue weighted by atomic mass is 19.1. The number of aliphatic hydroxyl groups excluding tert-OH is 1. The fraction of sp³-hybridized carbons (Fsp3) is 0.235. The highest BCUT2D eigenvalue weighted by Crippen LogP contribution is 2.11. The molecule has 0 radical (unpaired) electrons. The number of nitrogens with one attached hydrogen (secondary N) is 1. The number of hydrogen-bond acceptors (Lipinski definition) is 2. The maximum absolute atomic E-state index is 13.2. The van der Waals surface area contributed by atoms with Crippen LogP contribution in [0.5, 0.6) is 0 Å². The van der Waals surface area contributed by atoms with Gasteiger partial charge in [0.1, 0.15) is 11.6 Å². The van der Waals surface area contributed by atoms with Crippen molar-refractivity contribution in [1.82, 2.24) is 5.32 Å². The molecule has 0 aromatic heterocycles. The Morgan fingerprint density at radius 1 is 1.14 bits per heavy atom. The van der Waals surface area contributed by atoms with Gasteiger partial charge in [0.25, 0.3) is 5.91 Å². The highest BCUT2D eigenvalue weighted by Gasteiger charge is 2.16. The zero-order valence-corrected chi connectivity index (χ0v) is 12.1. The number of amides is 1. The quantitative estimate of drug-likeness (QED) is 0.892. The van der Waals surface area contributed by atoms with Crippen LogP contribution in [0, 0.1) is 18.6 Å². The Morgan fingerprint density at radius 2 is 1.77 bits per heavy atom. The van der Waals surface area contributed by atoms with E-state index in [1.807, 2.05) is 0 Å². The molecule has 1 amide bonds. The van der Waals surface area contributed by atoms with Crippen LogP contribution in [-0.2, 0) is 6.42 Å². The van der Waals surface area contributed by atoms with Crippen molar-refractivity contribution in [3.05, 3.63) is 70.8 Å². The van der Waals surface area contributed by atoms with Gasteiger partial charge in [-0.1, -0.05) is 18.2 Å². The molecule has 5 heteroatoms. The van der Waals surface area contributed by atoms with E-state index in [9.17, 15) is 18.7 Å². The Kier molecular flexibility index (Phi) is 5.22. The molecule has 0 spiro atoms. The lowest BCUT2D eigenvalue weighted by Gasteiger charge is -2.17. The first-order chi connectivity index (χ1) is 10.5. The second kappa shape index (κ2) is 7.13. The predicted octanol–water partition coefficient (Wildman–Crippen LogP) is 2.61. The van der Waals surface area contributed by atoms with Crippen molar-refractivity contribution >= 4 is 5.91 Å². The van der Waals surface area contributed by atoms with Crippen LogP contribution in [0.4, 0.5) is 8.78 Å². The minimum absolute atomic E-state index is 0.234. The number of aryl methyl sites for hydroxylation is 1. The zero-order chi connectivity index (χ0) is 16.1. The van der Waals surface area contributed by atoms with E-state index >= 15 is 0 Å². The highest BCUT2D eigenvalue weighted by molar-refractivity contribution is 5.95. The molecule has 0 aliphatic carbocycles. The molecule has 2 N–H and O–H groups in total. The number of halogens is 2. The van der Waals surface area contributed by atoms with Gasteiger partial charge in [-0.15, -0.1) is 0 Å². The van der Waals surface area contributed by atoms with E-state index in [0.717, 1.165) is 11.6 Å². The second-order valence-electron chi connectivity index (χ2n) is 5.14. The van der Waals surface area contributed by atoms with Crippen molar-refractivity contribution in [2.24, 2.45) is 0 Å². The average Bonchev–Trinajstić information content (AvgIpc) is 2.51. The molecule has 116 valence electrons. The summed E-state index contributed by atoms with van der Waals surface area (Å²) in [6.45, 7) is 1.44. The van der Waals surface area contributed by atoms with E-state index in [4.69, 9.17) is 0 Å². The third kappa shape index (κ3) is 4.11. The van der Waals surface area contributed by atoms with Crippen LogP contribution < -0.4 is 5.32 Å². The smallest absolute Gasteiger partial charge is 0.251 e. The Hall–Kier alpha value is -2.27. The van der Waals surface area contributed by atoms with Gasteiger partial charge in [0.15, 0.2) is 0 Å². The van der Waals surface area contributed by atoms with Gasteiger partial charge in [-0.2, -0.15) is 0 Å². The summed E-state index contributed by atoms with van der Waals surface area (Å²) in [5.74, 6) is -1.28. The molecule has 0 unspecified atom stereocenters. The molecule has 1 atom stereocenters. The first kappa shape index (κ1) is 16.1. The molecule has 0 bridgehead atoms. The Bertz CT molecular complexity index is 656. The largest absolute Gasteiger partial charge is 0.394 e. The SMILES string of the molecule is Cc1ccc(F)cc1C(=O)N[C@H](CO)Cc1ccc(F)cc1. The number of rotatable bonds is 5. The standard InChI is InChI=1S/C17H17F2NO2/c1-11-2-5-14(19)9-16(11)17(22)20-15(10-21)8-12-3-6-13(18)7-4-12/h2-7,9,15,21H,8,10H2,1H3,(H,20,22)/t15-/m0/s1. The maximum atomic E-state index is 13.2. The third-order valence-corrected chi connectivity index (χ3v) is 3.40. The summed E-state index contributed by atoms with van der Waals surface area (Å²) < 4.78 is 26.1. The number of hydrogen-bond donors (Lipinski definition) is 2. The number of carbonyl (C=O) groups excluding carboxylic acids is 1. The Labute approximate surface area is 127 Å². The number of carbonyl (C=O) groups is 1. The van der Waals surface area contributed by atoms with E-state index in [-0.39, 0.29) is 18.0 Å². The fourth-order valence-electron chi connectivity index (χ4n) is 2.17. The summed E-state index contributed by atoms with van der Waals surface area (Å²) in [7, 11) is 0. The van der Waals surface area contributed by atoms with E-state index in [2.05, 4.69) is 5.32 Å². The Morgan fingerprint density at radius 3 is 2.41 bits per heavy atom. The molecule has 3 nitrogen and oxygen atoms in total. The monoisotopic (exact) mass is 305 g/mol. The van der Waals surface area contributed by atoms with Crippen LogP contribution in [0.1, 0.15) is 21.5 Å². The van der Waals surface area contributed by atoms with Crippen LogP contribution in [0.2, 0.25) is 0 Å². The lowest BCUT2D eigenvalue weighted by molar-refractivity contribution is 0.0915. The molecule has 0 saturated carbocycles. The van der Waals surface area contributed by atoms with E-state index in [1.165, 1.54) is 24.3 Å².